The summed E-state index contributed by atoms with van der Waals surface area (Å²) in [5.74, 6) is 1.99. The molecule has 1 aromatic carbocycles. The summed E-state index contributed by atoms with van der Waals surface area (Å²) in [6.45, 7) is 2.75. The molecule has 0 aromatic heterocycles. The fourth-order valence-corrected chi connectivity index (χ4v) is 2.53. The minimum Gasteiger partial charge on any atom is -0.486 e. The molecule has 0 spiro atoms. The second kappa shape index (κ2) is 6.54. The van der Waals surface area contributed by atoms with Crippen molar-refractivity contribution >= 4 is 17.5 Å². The number of ether oxygens (including phenoxy) is 2. The van der Waals surface area contributed by atoms with E-state index < -0.39 is 0 Å². The van der Waals surface area contributed by atoms with E-state index in [0.29, 0.717) is 42.8 Å². The Hall–Kier alpha value is -1.46. The molecular weight excluding hydrogens is 292 g/mol. The van der Waals surface area contributed by atoms with E-state index in [9.17, 15) is 4.79 Å². The van der Waals surface area contributed by atoms with Crippen molar-refractivity contribution in [3.63, 3.8) is 0 Å². The summed E-state index contributed by atoms with van der Waals surface area (Å²) in [4.78, 5) is 11.7. The van der Waals surface area contributed by atoms with E-state index in [-0.39, 0.29) is 5.91 Å². The van der Waals surface area contributed by atoms with Gasteiger partial charge in [-0.05, 0) is 43.0 Å². The Bertz CT molecular complexity index is 532. The van der Waals surface area contributed by atoms with Gasteiger partial charge in [0, 0.05) is 6.54 Å². The fraction of sp³-hybridized carbons (Fsp3) is 0.533. The summed E-state index contributed by atoms with van der Waals surface area (Å²) in [5.41, 5.74) is 0.903. The van der Waals surface area contributed by atoms with Gasteiger partial charge in [-0.15, -0.1) is 0 Å². The first-order chi connectivity index (χ1) is 10.2. The van der Waals surface area contributed by atoms with E-state index in [1.54, 1.807) is 6.07 Å². The summed E-state index contributed by atoms with van der Waals surface area (Å²) >= 11 is 6.16. The normalized spacial score (nSPS) is 16.6. The zero-order valence-corrected chi connectivity index (χ0v) is 12.5. The van der Waals surface area contributed by atoms with Gasteiger partial charge in [0.1, 0.15) is 13.2 Å². The maximum atomic E-state index is 11.7. The second-order valence-corrected chi connectivity index (χ2v) is 5.86. The third kappa shape index (κ3) is 4.02. The van der Waals surface area contributed by atoms with Gasteiger partial charge in [-0.2, -0.15) is 0 Å². The van der Waals surface area contributed by atoms with Crippen molar-refractivity contribution in [3.05, 3.63) is 22.7 Å². The highest BCUT2D eigenvalue weighted by atomic mass is 35.5. The Morgan fingerprint density at radius 1 is 1.29 bits per heavy atom. The van der Waals surface area contributed by atoms with Gasteiger partial charge in [0.2, 0.25) is 5.91 Å². The summed E-state index contributed by atoms with van der Waals surface area (Å²) < 4.78 is 11.0. The number of halogens is 1. The van der Waals surface area contributed by atoms with E-state index in [0.717, 1.165) is 18.0 Å². The molecule has 3 rings (SSSR count). The van der Waals surface area contributed by atoms with Gasteiger partial charge in [-0.3, -0.25) is 4.79 Å². The van der Waals surface area contributed by atoms with Crippen LogP contribution in [-0.4, -0.2) is 32.2 Å². The van der Waals surface area contributed by atoms with E-state index in [4.69, 9.17) is 21.1 Å². The van der Waals surface area contributed by atoms with Crippen molar-refractivity contribution in [2.75, 3.05) is 26.3 Å². The Labute approximate surface area is 128 Å². The number of benzene rings is 1. The van der Waals surface area contributed by atoms with Crippen molar-refractivity contribution in [1.29, 1.82) is 0 Å². The Kier molecular flexibility index (Phi) is 4.51. The van der Waals surface area contributed by atoms with E-state index >= 15 is 0 Å². The molecule has 5 nitrogen and oxygen atoms in total. The number of hydrogen-bond acceptors (Lipinski definition) is 4. The molecule has 1 fully saturated rings. The third-order valence-electron chi connectivity index (χ3n) is 3.56. The number of rotatable bonds is 6. The van der Waals surface area contributed by atoms with E-state index in [2.05, 4.69) is 10.6 Å². The number of carbonyl (C=O) groups is 1. The fourth-order valence-electron chi connectivity index (χ4n) is 2.24. The van der Waals surface area contributed by atoms with Gasteiger partial charge >= 0.3 is 0 Å². The van der Waals surface area contributed by atoms with Crippen molar-refractivity contribution < 1.29 is 14.3 Å². The van der Waals surface area contributed by atoms with Crippen LogP contribution in [0.3, 0.4) is 0 Å². The summed E-state index contributed by atoms with van der Waals surface area (Å²) in [7, 11) is 0. The topological polar surface area (TPSA) is 59.6 Å². The quantitative estimate of drug-likeness (QED) is 0.840. The molecule has 1 heterocycles. The SMILES string of the molecule is O=C(CNCC1CC1)NCc1cc(Cl)c2c(c1)OCCO2. The van der Waals surface area contributed by atoms with Crippen molar-refractivity contribution in [2.45, 2.75) is 19.4 Å². The Balaban J connectivity index is 1.50. The van der Waals surface area contributed by atoms with Crippen LogP contribution in [-0.2, 0) is 11.3 Å². The molecule has 1 aliphatic carbocycles. The molecule has 0 saturated heterocycles. The lowest BCUT2D eigenvalue weighted by Crippen LogP contribution is -2.34. The van der Waals surface area contributed by atoms with Crippen molar-refractivity contribution in [3.8, 4) is 11.5 Å². The monoisotopic (exact) mass is 310 g/mol. The molecule has 1 amide bonds. The number of carbonyl (C=O) groups excluding carboxylic acids is 1. The van der Waals surface area contributed by atoms with Crippen LogP contribution in [0.1, 0.15) is 18.4 Å². The molecule has 2 aliphatic rings. The first kappa shape index (κ1) is 14.5. The van der Waals surface area contributed by atoms with E-state index in [1.807, 2.05) is 6.07 Å². The van der Waals surface area contributed by atoms with Crippen LogP contribution in [0.5, 0.6) is 11.5 Å². The molecule has 6 heteroatoms. The number of fused-ring (bicyclic) bond motifs is 1. The third-order valence-corrected chi connectivity index (χ3v) is 3.84. The molecule has 21 heavy (non-hydrogen) atoms. The number of nitrogens with one attached hydrogen (secondary N) is 2. The van der Waals surface area contributed by atoms with Crippen molar-refractivity contribution in [1.82, 2.24) is 10.6 Å². The number of hydrogen-bond donors (Lipinski definition) is 2. The van der Waals surface area contributed by atoms with Crippen LogP contribution in [0, 0.1) is 5.92 Å². The van der Waals surface area contributed by atoms with Crippen LogP contribution in [0.25, 0.3) is 0 Å². The first-order valence-corrected chi connectivity index (χ1v) is 7.65. The zero-order chi connectivity index (χ0) is 14.7. The van der Waals surface area contributed by atoms with Gasteiger partial charge in [0.15, 0.2) is 11.5 Å². The standard InChI is InChI=1S/C15H19ClN2O3/c16-12-5-11(6-13-15(12)21-4-3-20-13)8-18-14(19)9-17-7-10-1-2-10/h5-6,10,17H,1-4,7-9H2,(H,18,19). The Morgan fingerprint density at radius 3 is 2.90 bits per heavy atom. The molecule has 0 bridgehead atoms. The van der Waals surface area contributed by atoms with Crippen molar-refractivity contribution in [2.24, 2.45) is 5.92 Å². The summed E-state index contributed by atoms with van der Waals surface area (Å²) in [6, 6.07) is 3.66. The lowest BCUT2D eigenvalue weighted by Gasteiger charge is -2.20. The maximum Gasteiger partial charge on any atom is 0.234 e. The van der Waals surface area contributed by atoms with Crippen LogP contribution in [0.2, 0.25) is 5.02 Å². The minimum atomic E-state index is -0.0124. The predicted octanol–water partition coefficient (Wildman–Crippen LogP) is 1.73. The summed E-state index contributed by atoms with van der Waals surface area (Å²) in [6.07, 6.45) is 2.56. The van der Waals surface area contributed by atoms with Crippen LogP contribution in [0.4, 0.5) is 0 Å². The highest BCUT2D eigenvalue weighted by Gasteiger charge is 2.20. The lowest BCUT2D eigenvalue weighted by molar-refractivity contribution is -0.120. The summed E-state index contributed by atoms with van der Waals surface area (Å²) in [5, 5.41) is 6.55. The molecular formula is C15H19ClN2O3. The van der Waals surface area contributed by atoms with Crippen LogP contribution in [0.15, 0.2) is 12.1 Å². The average Bonchev–Trinajstić information content (AvgIpc) is 3.29. The molecule has 0 atom stereocenters. The maximum absolute atomic E-state index is 11.7. The van der Waals surface area contributed by atoms with Gasteiger partial charge in [0.25, 0.3) is 0 Å². The minimum absolute atomic E-state index is 0.0124. The largest absolute Gasteiger partial charge is 0.486 e. The van der Waals surface area contributed by atoms with Gasteiger partial charge in [-0.25, -0.2) is 0 Å². The van der Waals surface area contributed by atoms with Gasteiger partial charge in [0.05, 0.1) is 11.6 Å². The predicted molar refractivity (Wildman–Crippen MR) is 79.9 cm³/mol. The van der Waals surface area contributed by atoms with Gasteiger partial charge < -0.3 is 20.1 Å². The molecule has 0 radical (unpaired) electrons. The Morgan fingerprint density at radius 2 is 2.10 bits per heavy atom. The lowest BCUT2D eigenvalue weighted by atomic mass is 10.2. The molecule has 1 aromatic rings. The highest BCUT2D eigenvalue weighted by molar-refractivity contribution is 6.32. The van der Waals surface area contributed by atoms with Crippen LogP contribution < -0.4 is 20.1 Å². The molecule has 1 saturated carbocycles. The van der Waals surface area contributed by atoms with E-state index in [1.165, 1.54) is 12.8 Å². The van der Waals surface area contributed by atoms with Crippen LogP contribution >= 0.6 is 11.6 Å². The second-order valence-electron chi connectivity index (χ2n) is 5.45. The van der Waals surface area contributed by atoms with Gasteiger partial charge in [-0.1, -0.05) is 11.6 Å². The molecule has 114 valence electrons. The first-order valence-electron chi connectivity index (χ1n) is 7.28. The average molecular weight is 311 g/mol. The number of amides is 1. The highest BCUT2D eigenvalue weighted by Crippen LogP contribution is 2.38. The smallest absolute Gasteiger partial charge is 0.234 e. The zero-order valence-electron chi connectivity index (χ0n) is 11.8. The molecule has 0 unspecified atom stereocenters. The molecule has 2 N–H and O–H groups in total. The molecule has 1 aliphatic heterocycles.